The number of benzene rings is 2. The minimum absolute atomic E-state index is 0.178. The second-order valence-electron chi connectivity index (χ2n) is 4.56. The summed E-state index contributed by atoms with van der Waals surface area (Å²) in [6.45, 7) is 0.458. The van der Waals surface area contributed by atoms with Crippen LogP contribution in [0.25, 0.3) is 0 Å². The highest BCUT2D eigenvalue weighted by Crippen LogP contribution is 2.33. The SMILES string of the molecule is O=C(CCCOc1ccccc1)Nc1c(Cl)cc(Cl)cc1Cl. The van der Waals surface area contributed by atoms with E-state index in [1.807, 2.05) is 30.3 Å². The standard InChI is InChI=1S/C16H14Cl3NO2/c17-11-9-13(18)16(14(19)10-11)20-15(21)7-4-8-22-12-5-2-1-3-6-12/h1-3,5-6,9-10H,4,7-8H2,(H,20,21). The number of rotatable bonds is 6. The van der Waals surface area contributed by atoms with E-state index in [1.165, 1.54) is 12.1 Å². The van der Waals surface area contributed by atoms with Crippen LogP contribution in [0.2, 0.25) is 15.1 Å². The minimum Gasteiger partial charge on any atom is -0.494 e. The average molecular weight is 359 g/mol. The maximum absolute atomic E-state index is 11.9. The maximum atomic E-state index is 11.9. The second-order valence-corrected chi connectivity index (χ2v) is 5.81. The van der Waals surface area contributed by atoms with Gasteiger partial charge in [-0.3, -0.25) is 4.79 Å². The maximum Gasteiger partial charge on any atom is 0.224 e. The fourth-order valence-electron chi connectivity index (χ4n) is 1.80. The Kier molecular flexibility index (Phi) is 6.37. The average Bonchev–Trinajstić information content (AvgIpc) is 2.48. The van der Waals surface area contributed by atoms with Crippen molar-refractivity contribution in [1.82, 2.24) is 0 Å². The fourth-order valence-corrected chi connectivity index (χ4v) is 2.71. The highest BCUT2D eigenvalue weighted by molar-refractivity contribution is 6.42. The van der Waals surface area contributed by atoms with E-state index in [0.29, 0.717) is 40.2 Å². The van der Waals surface area contributed by atoms with E-state index >= 15 is 0 Å². The Bertz CT molecular complexity index is 624. The van der Waals surface area contributed by atoms with Crippen molar-refractivity contribution in [3.05, 3.63) is 57.5 Å². The third-order valence-electron chi connectivity index (χ3n) is 2.83. The summed E-state index contributed by atoms with van der Waals surface area (Å²) in [6.07, 6.45) is 0.895. The van der Waals surface area contributed by atoms with Gasteiger partial charge in [0.25, 0.3) is 0 Å². The van der Waals surface area contributed by atoms with Gasteiger partial charge in [0.15, 0.2) is 0 Å². The molecule has 116 valence electrons. The smallest absolute Gasteiger partial charge is 0.224 e. The molecule has 0 bridgehead atoms. The van der Waals surface area contributed by atoms with E-state index in [2.05, 4.69) is 5.32 Å². The van der Waals surface area contributed by atoms with Gasteiger partial charge in [-0.05, 0) is 30.7 Å². The van der Waals surface area contributed by atoms with Gasteiger partial charge in [-0.15, -0.1) is 0 Å². The van der Waals surface area contributed by atoms with Crippen LogP contribution >= 0.6 is 34.8 Å². The van der Waals surface area contributed by atoms with Crippen molar-refractivity contribution < 1.29 is 9.53 Å². The van der Waals surface area contributed by atoms with Crippen LogP contribution in [0.4, 0.5) is 5.69 Å². The molecule has 0 atom stereocenters. The molecule has 1 amide bonds. The molecule has 0 aliphatic heterocycles. The first-order valence-electron chi connectivity index (χ1n) is 6.68. The number of ether oxygens (including phenoxy) is 1. The van der Waals surface area contributed by atoms with E-state index in [-0.39, 0.29) is 5.91 Å². The van der Waals surface area contributed by atoms with Gasteiger partial charge >= 0.3 is 0 Å². The Labute approximate surface area is 144 Å². The summed E-state index contributed by atoms with van der Waals surface area (Å²) in [5.41, 5.74) is 0.377. The van der Waals surface area contributed by atoms with E-state index in [0.717, 1.165) is 5.75 Å². The first-order chi connectivity index (χ1) is 10.6. The zero-order chi connectivity index (χ0) is 15.9. The summed E-state index contributed by atoms with van der Waals surface area (Å²) in [4.78, 5) is 11.9. The molecule has 1 N–H and O–H groups in total. The zero-order valence-electron chi connectivity index (χ0n) is 11.6. The van der Waals surface area contributed by atoms with Crippen LogP contribution in [0, 0.1) is 0 Å². The van der Waals surface area contributed by atoms with Crippen LogP contribution in [-0.4, -0.2) is 12.5 Å². The van der Waals surface area contributed by atoms with Crippen molar-refractivity contribution in [2.24, 2.45) is 0 Å². The predicted octanol–water partition coefficient (Wildman–Crippen LogP) is 5.44. The van der Waals surface area contributed by atoms with Crippen LogP contribution in [0.5, 0.6) is 5.75 Å². The van der Waals surface area contributed by atoms with Crippen LogP contribution in [0.3, 0.4) is 0 Å². The summed E-state index contributed by atoms with van der Waals surface area (Å²) >= 11 is 17.8. The van der Waals surface area contributed by atoms with Crippen molar-refractivity contribution >= 4 is 46.4 Å². The van der Waals surface area contributed by atoms with Gasteiger partial charge in [-0.25, -0.2) is 0 Å². The first kappa shape index (κ1) is 16.9. The molecule has 0 saturated carbocycles. The third kappa shape index (κ3) is 5.09. The zero-order valence-corrected chi connectivity index (χ0v) is 13.9. The van der Waals surface area contributed by atoms with Crippen molar-refractivity contribution in [2.45, 2.75) is 12.8 Å². The van der Waals surface area contributed by atoms with Crippen LogP contribution in [-0.2, 0) is 4.79 Å². The molecule has 0 aliphatic rings. The number of anilines is 1. The Morgan fingerprint density at radius 2 is 1.68 bits per heavy atom. The van der Waals surface area contributed by atoms with Crippen LogP contribution in [0.1, 0.15) is 12.8 Å². The first-order valence-corrected chi connectivity index (χ1v) is 7.82. The second kappa shape index (κ2) is 8.28. The van der Waals surface area contributed by atoms with Crippen LogP contribution in [0.15, 0.2) is 42.5 Å². The highest BCUT2D eigenvalue weighted by Gasteiger charge is 2.11. The number of carbonyl (C=O) groups is 1. The van der Waals surface area contributed by atoms with Crippen molar-refractivity contribution in [1.29, 1.82) is 0 Å². The lowest BCUT2D eigenvalue weighted by Crippen LogP contribution is -2.13. The Morgan fingerprint density at radius 1 is 1.05 bits per heavy atom. The number of hydrogen-bond donors (Lipinski definition) is 1. The van der Waals surface area contributed by atoms with Gasteiger partial charge in [0.1, 0.15) is 5.75 Å². The lowest BCUT2D eigenvalue weighted by Gasteiger charge is -2.10. The molecule has 0 aromatic heterocycles. The summed E-state index contributed by atoms with van der Waals surface area (Å²) in [5.74, 6) is 0.606. The largest absolute Gasteiger partial charge is 0.494 e. The predicted molar refractivity (Wildman–Crippen MR) is 91.3 cm³/mol. The molecule has 0 heterocycles. The molecular formula is C16H14Cl3NO2. The lowest BCUT2D eigenvalue weighted by atomic mass is 10.2. The minimum atomic E-state index is -0.178. The van der Waals surface area contributed by atoms with Crippen LogP contribution < -0.4 is 10.1 Å². The molecule has 2 aromatic carbocycles. The number of halogens is 3. The molecule has 2 rings (SSSR count). The van der Waals surface area contributed by atoms with E-state index in [1.54, 1.807) is 0 Å². The normalized spacial score (nSPS) is 10.3. The fraction of sp³-hybridized carbons (Fsp3) is 0.188. The molecule has 6 heteroatoms. The number of hydrogen-bond acceptors (Lipinski definition) is 2. The number of nitrogens with one attached hydrogen (secondary N) is 1. The van der Waals surface area contributed by atoms with Gasteiger partial charge in [0.05, 0.1) is 22.3 Å². The van der Waals surface area contributed by atoms with E-state index in [9.17, 15) is 4.79 Å². The molecule has 0 unspecified atom stereocenters. The van der Waals surface area contributed by atoms with Gasteiger partial charge < -0.3 is 10.1 Å². The van der Waals surface area contributed by atoms with Crippen molar-refractivity contribution in [2.75, 3.05) is 11.9 Å². The third-order valence-corrected chi connectivity index (χ3v) is 3.65. The molecule has 0 fully saturated rings. The molecule has 2 aromatic rings. The van der Waals surface area contributed by atoms with Crippen molar-refractivity contribution in [3.8, 4) is 5.75 Å². The highest BCUT2D eigenvalue weighted by atomic mass is 35.5. The van der Waals surface area contributed by atoms with Gasteiger partial charge in [-0.2, -0.15) is 0 Å². The van der Waals surface area contributed by atoms with Gasteiger partial charge in [-0.1, -0.05) is 53.0 Å². The quantitative estimate of drug-likeness (QED) is 0.698. The molecule has 22 heavy (non-hydrogen) atoms. The van der Waals surface area contributed by atoms with E-state index in [4.69, 9.17) is 39.5 Å². The molecule has 0 aliphatic carbocycles. The lowest BCUT2D eigenvalue weighted by molar-refractivity contribution is -0.116. The summed E-state index contributed by atoms with van der Waals surface area (Å²) in [6, 6.07) is 12.5. The van der Waals surface area contributed by atoms with E-state index < -0.39 is 0 Å². The van der Waals surface area contributed by atoms with Gasteiger partial charge in [0.2, 0.25) is 5.91 Å². The summed E-state index contributed by atoms with van der Waals surface area (Å²) in [7, 11) is 0. The summed E-state index contributed by atoms with van der Waals surface area (Å²) in [5, 5.41) is 3.73. The molecule has 3 nitrogen and oxygen atoms in total. The number of para-hydroxylation sites is 1. The Balaban J connectivity index is 1.79. The molecule has 0 saturated heterocycles. The molecular weight excluding hydrogens is 345 g/mol. The Morgan fingerprint density at radius 3 is 2.32 bits per heavy atom. The van der Waals surface area contributed by atoms with Crippen molar-refractivity contribution in [3.63, 3.8) is 0 Å². The number of carbonyl (C=O) groups excluding carboxylic acids is 1. The molecule has 0 spiro atoms. The van der Waals surface area contributed by atoms with Gasteiger partial charge in [0, 0.05) is 11.4 Å². The monoisotopic (exact) mass is 357 g/mol. The Hall–Kier alpha value is -1.42. The number of amides is 1. The molecule has 0 radical (unpaired) electrons. The topological polar surface area (TPSA) is 38.3 Å². The summed E-state index contributed by atoms with van der Waals surface area (Å²) < 4.78 is 5.52.